The van der Waals surface area contributed by atoms with E-state index < -0.39 is 22.6 Å². The number of fused-ring (bicyclic) bond motifs is 1. The quantitative estimate of drug-likeness (QED) is 0.503. The van der Waals surface area contributed by atoms with Gasteiger partial charge in [-0.1, -0.05) is 30.4 Å². The molecule has 3 fully saturated rings. The number of aliphatic hydroxyl groups is 1. The van der Waals surface area contributed by atoms with Gasteiger partial charge in [-0.15, -0.1) is 24.9 Å². The smallest absolute Gasteiger partial charge is 0.247 e. The third-order valence-electron chi connectivity index (χ3n) is 7.54. The van der Waals surface area contributed by atoms with Crippen molar-refractivity contribution >= 4 is 35.2 Å². The summed E-state index contributed by atoms with van der Waals surface area (Å²) in [5.74, 6) is -1.53. The molecule has 3 amide bonds. The minimum absolute atomic E-state index is 0.0223. The van der Waals surface area contributed by atoms with Gasteiger partial charge in [-0.3, -0.25) is 14.4 Å². The van der Waals surface area contributed by atoms with E-state index in [4.69, 9.17) is 0 Å². The molecule has 3 aliphatic rings. The van der Waals surface area contributed by atoms with Gasteiger partial charge in [0.25, 0.3) is 0 Å². The Labute approximate surface area is 211 Å². The lowest BCUT2D eigenvalue weighted by molar-refractivity contribution is -0.143. The van der Waals surface area contributed by atoms with Crippen LogP contribution >= 0.6 is 11.8 Å². The Balaban J connectivity index is 1.74. The first-order chi connectivity index (χ1) is 16.8. The number of rotatable bonds is 10. The molecule has 0 saturated carbocycles. The zero-order valence-electron chi connectivity index (χ0n) is 20.5. The Morgan fingerprint density at radius 3 is 2.49 bits per heavy atom. The maximum absolute atomic E-state index is 14.0. The van der Waals surface area contributed by atoms with Gasteiger partial charge in [-0.25, -0.2) is 0 Å². The van der Waals surface area contributed by atoms with Crippen molar-refractivity contribution in [1.82, 2.24) is 9.80 Å². The first-order valence-corrected chi connectivity index (χ1v) is 13.2. The van der Waals surface area contributed by atoms with Gasteiger partial charge >= 0.3 is 0 Å². The van der Waals surface area contributed by atoms with Crippen molar-refractivity contribution in [3.8, 4) is 0 Å². The number of aliphatic hydroxyl groups excluding tert-OH is 1. The molecule has 1 N–H and O–H groups in total. The predicted molar refractivity (Wildman–Crippen MR) is 139 cm³/mol. The summed E-state index contributed by atoms with van der Waals surface area (Å²) < 4.78 is -0.667. The summed E-state index contributed by atoms with van der Waals surface area (Å²) in [4.78, 5) is 46.8. The number of anilines is 1. The molecule has 2 bridgehead atoms. The summed E-state index contributed by atoms with van der Waals surface area (Å²) in [5, 5.41) is 9.76. The van der Waals surface area contributed by atoms with Crippen molar-refractivity contribution < 1.29 is 19.5 Å². The molecule has 1 aromatic carbocycles. The summed E-state index contributed by atoms with van der Waals surface area (Å²) in [6, 6.07) is 8.66. The average Bonchev–Trinajstić information content (AvgIpc) is 3.48. The monoisotopic (exact) mass is 497 g/mol. The van der Waals surface area contributed by atoms with Gasteiger partial charge in [0, 0.05) is 36.6 Å². The number of hydrogen-bond donors (Lipinski definition) is 1. The third-order valence-corrected chi connectivity index (χ3v) is 9.49. The highest BCUT2D eigenvalue weighted by Gasteiger charge is 2.74. The SMILES string of the molecule is C=CCN(C(=O)[C@@H]1[C@@H]2CCC3(S2)C(C(=O)N(CC=C)C(C)C)N(CCO)C(=O)[C@H]13)c1ccccc1. The molecule has 35 heavy (non-hydrogen) atoms. The van der Waals surface area contributed by atoms with Crippen molar-refractivity contribution in [2.45, 2.75) is 48.8 Å². The predicted octanol–water partition coefficient (Wildman–Crippen LogP) is 2.71. The average molecular weight is 498 g/mol. The van der Waals surface area contributed by atoms with E-state index in [0.717, 1.165) is 12.1 Å². The van der Waals surface area contributed by atoms with Crippen molar-refractivity contribution in [3.63, 3.8) is 0 Å². The number of carbonyl (C=O) groups excluding carboxylic acids is 3. The van der Waals surface area contributed by atoms with Gasteiger partial charge in [0.05, 0.1) is 23.2 Å². The van der Waals surface area contributed by atoms with E-state index in [0.29, 0.717) is 19.5 Å². The molecule has 8 heteroatoms. The van der Waals surface area contributed by atoms with Crippen LogP contribution in [0.3, 0.4) is 0 Å². The fourth-order valence-corrected chi connectivity index (χ4v) is 8.36. The second-order valence-electron chi connectivity index (χ2n) is 9.76. The Kier molecular flexibility index (Phi) is 7.43. The minimum atomic E-state index is -0.702. The van der Waals surface area contributed by atoms with Crippen LogP contribution in [0, 0.1) is 11.8 Å². The van der Waals surface area contributed by atoms with Gasteiger partial charge in [0.2, 0.25) is 17.7 Å². The number of hydrogen-bond acceptors (Lipinski definition) is 5. The van der Waals surface area contributed by atoms with Crippen molar-refractivity contribution in [1.29, 1.82) is 0 Å². The molecule has 1 spiro atoms. The van der Waals surface area contributed by atoms with Crippen LogP contribution in [0.25, 0.3) is 0 Å². The van der Waals surface area contributed by atoms with Gasteiger partial charge in [0.1, 0.15) is 6.04 Å². The van der Waals surface area contributed by atoms with Crippen LogP contribution in [0.15, 0.2) is 55.6 Å². The van der Waals surface area contributed by atoms with Crippen LogP contribution in [0.1, 0.15) is 26.7 Å². The van der Waals surface area contributed by atoms with E-state index in [9.17, 15) is 19.5 Å². The normalized spacial score (nSPS) is 28.8. The van der Waals surface area contributed by atoms with E-state index >= 15 is 0 Å². The molecule has 0 aromatic heterocycles. The number of amides is 3. The number of likely N-dealkylation sites (tertiary alicyclic amines) is 1. The molecule has 7 nitrogen and oxygen atoms in total. The van der Waals surface area contributed by atoms with Gasteiger partial charge in [-0.05, 0) is 38.8 Å². The number of β-amino-alcohol motifs (C(OH)–C–C–N with tert-alkyl or cyclic N) is 1. The molecule has 4 rings (SSSR count). The van der Waals surface area contributed by atoms with Gasteiger partial charge in [-0.2, -0.15) is 0 Å². The molecular weight excluding hydrogens is 462 g/mol. The summed E-state index contributed by atoms with van der Waals surface area (Å²) >= 11 is 1.64. The van der Waals surface area contributed by atoms with Crippen LogP contribution in [0.4, 0.5) is 5.69 Å². The van der Waals surface area contributed by atoms with Crippen LogP contribution in [0.5, 0.6) is 0 Å². The van der Waals surface area contributed by atoms with E-state index in [1.807, 2.05) is 44.2 Å². The number of benzene rings is 1. The molecule has 5 atom stereocenters. The summed E-state index contributed by atoms with van der Waals surface area (Å²) in [7, 11) is 0. The fraction of sp³-hybridized carbons (Fsp3) is 0.519. The van der Waals surface area contributed by atoms with Crippen LogP contribution in [-0.2, 0) is 14.4 Å². The van der Waals surface area contributed by atoms with E-state index in [1.165, 1.54) is 0 Å². The highest BCUT2D eigenvalue weighted by atomic mass is 32.2. The lowest BCUT2D eigenvalue weighted by Crippen LogP contribution is -2.56. The first kappa shape index (κ1) is 25.5. The molecule has 0 aliphatic carbocycles. The molecular formula is C27H35N3O4S. The fourth-order valence-electron chi connectivity index (χ4n) is 6.15. The minimum Gasteiger partial charge on any atom is -0.395 e. The van der Waals surface area contributed by atoms with Crippen LogP contribution < -0.4 is 4.90 Å². The summed E-state index contributed by atoms with van der Waals surface area (Å²) in [6.07, 6.45) is 4.87. The zero-order chi connectivity index (χ0) is 25.3. The van der Waals surface area contributed by atoms with Crippen molar-refractivity contribution in [3.05, 3.63) is 55.6 Å². The first-order valence-electron chi connectivity index (χ1n) is 12.3. The summed E-state index contributed by atoms with van der Waals surface area (Å²) in [5.41, 5.74) is 0.765. The lowest BCUT2D eigenvalue weighted by atomic mass is 9.70. The van der Waals surface area contributed by atoms with Crippen molar-refractivity contribution in [2.24, 2.45) is 11.8 Å². The molecule has 3 aliphatic heterocycles. The van der Waals surface area contributed by atoms with Crippen LogP contribution in [-0.4, -0.2) is 80.9 Å². The number of carbonyl (C=O) groups is 3. The molecule has 3 saturated heterocycles. The lowest BCUT2D eigenvalue weighted by Gasteiger charge is -2.38. The Morgan fingerprint density at radius 1 is 1.20 bits per heavy atom. The largest absolute Gasteiger partial charge is 0.395 e. The Bertz CT molecular complexity index is 999. The maximum atomic E-state index is 14.0. The molecule has 1 aromatic rings. The van der Waals surface area contributed by atoms with E-state index in [2.05, 4.69) is 13.2 Å². The number of thioether (sulfide) groups is 1. The highest BCUT2D eigenvalue weighted by Crippen LogP contribution is 2.66. The van der Waals surface area contributed by atoms with Gasteiger partial charge in [0.15, 0.2) is 0 Å². The molecule has 2 unspecified atom stereocenters. The molecule has 188 valence electrons. The Hall–Kier alpha value is -2.58. The second kappa shape index (κ2) is 10.2. The molecule has 0 radical (unpaired) electrons. The van der Waals surface area contributed by atoms with Gasteiger partial charge < -0.3 is 19.8 Å². The number of nitrogens with zero attached hydrogens (tertiary/aromatic N) is 3. The highest BCUT2D eigenvalue weighted by molar-refractivity contribution is 8.02. The van der Waals surface area contributed by atoms with Crippen molar-refractivity contribution in [2.75, 3.05) is 31.1 Å². The Morgan fingerprint density at radius 2 is 1.89 bits per heavy atom. The third kappa shape index (κ3) is 4.10. The van der Waals surface area contributed by atoms with Crippen LogP contribution in [0.2, 0.25) is 0 Å². The zero-order valence-corrected chi connectivity index (χ0v) is 21.3. The molecule has 3 heterocycles. The standard InChI is InChI=1S/C27H35N3O4S/c1-5-14-28(18(3)4)26(34)23-27-13-12-20(35-27)21(22(27)25(33)30(23)16-17-31)24(32)29(15-6-2)19-10-8-7-9-11-19/h5-11,18,20-23,31H,1-2,12-17H2,3-4H3/t20-,21+,22-,23?,27?/m0/s1. The topological polar surface area (TPSA) is 81.2 Å². The number of para-hydroxylation sites is 1. The van der Waals surface area contributed by atoms with E-state index in [1.54, 1.807) is 38.6 Å². The maximum Gasteiger partial charge on any atom is 0.247 e. The van der Waals surface area contributed by atoms with E-state index in [-0.39, 0.29) is 42.2 Å². The second-order valence-corrected chi connectivity index (χ2v) is 11.4. The summed E-state index contributed by atoms with van der Waals surface area (Å²) in [6.45, 7) is 12.1.